The Kier molecular flexibility index (Phi) is 11.0. The number of ether oxygens (including phenoxy) is 4. The van der Waals surface area contributed by atoms with Crippen molar-refractivity contribution in [2.75, 3.05) is 25.7 Å². The fraction of sp³-hybridized carbons (Fsp3) is 0.222. The van der Waals surface area contributed by atoms with E-state index in [0.717, 1.165) is 27.8 Å². The van der Waals surface area contributed by atoms with E-state index < -0.39 is 42.4 Å². The van der Waals surface area contributed by atoms with E-state index in [1.165, 1.54) is 10.9 Å². The first-order valence-corrected chi connectivity index (χ1v) is 18.5. The van der Waals surface area contributed by atoms with E-state index in [0.29, 0.717) is 5.75 Å². The largest absolute Gasteiger partial charge is 0.497 e. The molecule has 4 atom stereocenters. The number of imidazole rings is 1. The second kappa shape index (κ2) is 16.6. The predicted molar refractivity (Wildman–Crippen MR) is 210 cm³/mol. The van der Waals surface area contributed by atoms with Crippen molar-refractivity contribution in [1.82, 2.24) is 19.5 Å². The van der Waals surface area contributed by atoms with E-state index in [4.69, 9.17) is 18.9 Å². The summed E-state index contributed by atoms with van der Waals surface area (Å²) in [4.78, 5) is 12.9. The first kappa shape index (κ1) is 37.8. The summed E-state index contributed by atoms with van der Waals surface area (Å²) in [5.74, 6) is 0.689. The van der Waals surface area contributed by atoms with E-state index in [-0.39, 0.29) is 36.8 Å². The molecule has 57 heavy (non-hydrogen) atoms. The van der Waals surface area contributed by atoms with Gasteiger partial charge in [0.1, 0.15) is 24.1 Å². The van der Waals surface area contributed by atoms with Gasteiger partial charge in [-0.15, -0.1) is 0 Å². The first-order valence-electron chi connectivity index (χ1n) is 18.5. The van der Waals surface area contributed by atoms with Crippen molar-refractivity contribution in [2.24, 2.45) is 0 Å². The third-order valence-electron chi connectivity index (χ3n) is 10.3. The third kappa shape index (κ3) is 7.46. The van der Waals surface area contributed by atoms with Crippen molar-refractivity contribution in [3.8, 4) is 5.75 Å². The van der Waals surface area contributed by atoms with Gasteiger partial charge in [0.15, 0.2) is 35.0 Å². The van der Waals surface area contributed by atoms with Crippen molar-refractivity contribution < 1.29 is 32.1 Å². The average Bonchev–Trinajstić information content (AvgIpc) is 3.81. The van der Waals surface area contributed by atoms with E-state index in [1.54, 1.807) is 7.11 Å². The highest BCUT2D eigenvalue weighted by Gasteiger charge is 2.58. The molecule has 0 unspecified atom stereocenters. The number of anilines is 1. The summed E-state index contributed by atoms with van der Waals surface area (Å²) in [7, 11) is 1.59. The lowest BCUT2D eigenvalue weighted by Gasteiger charge is -2.37. The highest BCUT2D eigenvalue weighted by atomic mass is 19.1. The van der Waals surface area contributed by atoms with E-state index in [9.17, 15) is 0 Å². The Balaban J connectivity index is 1.20. The van der Waals surface area contributed by atoms with Crippen LogP contribution < -0.4 is 10.1 Å². The number of alkyl halides is 2. The molecule has 290 valence electrons. The Bertz CT molecular complexity index is 2330. The lowest BCUT2D eigenvalue weighted by molar-refractivity contribution is -0.164. The van der Waals surface area contributed by atoms with Gasteiger partial charge in [-0.25, -0.2) is 13.8 Å². The molecule has 0 saturated carbocycles. The van der Waals surface area contributed by atoms with Crippen molar-refractivity contribution >= 4 is 17.0 Å². The molecule has 1 fully saturated rings. The SMILES string of the molecule is COc1ccc(C(Nc2nc(F)nc3c2ncn3[C@@H]2O[C@](CF)(COCc3ccccc3)[C@@H](OCc3ccccc3)[C@@H]2F)(c2ccccc2)c2ccccc2)cc1. The molecule has 8 rings (SSSR count). The molecule has 2 aromatic heterocycles. The molecule has 0 amide bonds. The van der Waals surface area contributed by atoms with Crippen LogP contribution >= 0.6 is 0 Å². The second-order valence-corrected chi connectivity index (χ2v) is 13.8. The lowest BCUT2D eigenvalue weighted by Crippen LogP contribution is -2.49. The summed E-state index contributed by atoms with van der Waals surface area (Å²) in [5.41, 5.74) is 1.11. The number of nitrogens with zero attached hydrogens (tertiary/aromatic N) is 4. The highest BCUT2D eigenvalue weighted by Crippen LogP contribution is 2.45. The molecule has 1 aliphatic rings. The number of benzene rings is 5. The Morgan fingerprint density at radius 2 is 1.32 bits per heavy atom. The zero-order valence-corrected chi connectivity index (χ0v) is 31.0. The zero-order valence-electron chi connectivity index (χ0n) is 31.0. The summed E-state index contributed by atoms with van der Waals surface area (Å²) >= 11 is 0. The summed E-state index contributed by atoms with van der Waals surface area (Å²) in [5, 5.41) is 3.55. The van der Waals surface area contributed by atoms with Crippen LogP contribution in [0.1, 0.15) is 34.0 Å². The number of hydrogen-bond acceptors (Lipinski definition) is 8. The van der Waals surface area contributed by atoms with Gasteiger partial charge in [0.25, 0.3) is 0 Å². The summed E-state index contributed by atoms with van der Waals surface area (Å²) in [6.07, 6.45) is -4.66. The zero-order chi connectivity index (χ0) is 39.2. The molecule has 0 aliphatic carbocycles. The average molecular weight is 772 g/mol. The molecule has 7 aromatic rings. The standard InChI is InChI=1S/C45H40F3N5O4/c1-54-36-24-22-35(23-25-36)45(33-18-10-4-11-19-33,34-20-12-5-13-21-34)52-40-38-41(51-43(48)50-40)53(30-49-38)42-37(47)39(56-27-32-16-8-3-9-17-32)44(28-46,57-42)29-55-26-31-14-6-2-7-15-31/h2-25,30,37,39,42H,26-29H2,1H3,(H,50,51,52)/t37-,39-,42+,44+/m0/s1. The van der Waals surface area contributed by atoms with Gasteiger partial charge in [-0.1, -0.05) is 133 Å². The maximum Gasteiger partial charge on any atom is 0.312 e. The smallest absolute Gasteiger partial charge is 0.312 e. The van der Waals surface area contributed by atoms with Crippen molar-refractivity contribution in [2.45, 2.75) is 42.9 Å². The Morgan fingerprint density at radius 1 is 0.754 bits per heavy atom. The minimum Gasteiger partial charge on any atom is -0.497 e. The second-order valence-electron chi connectivity index (χ2n) is 13.8. The quantitative estimate of drug-likeness (QED) is 0.0818. The number of aromatic nitrogens is 4. The van der Waals surface area contributed by atoms with Crippen LogP contribution in [0.4, 0.5) is 19.0 Å². The molecule has 0 bridgehead atoms. The molecule has 1 saturated heterocycles. The highest BCUT2D eigenvalue weighted by molar-refractivity contribution is 5.84. The monoisotopic (exact) mass is 771 g/mol. The summed E-state index contributed by atoms with van der Waals surface area (Å²) in [6.45, 7) is -1.32. The van der Waals surface area contributed by atoms with Gasteiger partial charge >= 0.3 is 6.08 Å². The van der Waals surface area contributed by atoms with Gasteiger partial charge in [0.05, 0.1) is 33.3 Å². The molecule has 12 heteroatoms. The van der Waals surface area contributed by atoms with Crippen molar-refractivity contribution in [3.05, 3.63) is 186 Å². The van der Waals surface area contributed by atoms with Crippen LogP contribution in [0.2, 0.25) is 0 Å². The number of fused-ring (bicyclic) bond motifs is 1. The Morgan fingerprint density at radius 3 is 1.89 bits per heavy atom. The lowest BCUT2D eigenvalue weighted by atomic mass is 9.77. The van der Waals surface area contributed by atoms with Crippen LogP contribution in [0.3, 0.4) is 0 Å². The maximum absolute atomic E-state index is 17.0. The van der Waals surface area contributed by atoms with Gasteiger partial charge in [0.2, 0.25) is 0 Å². The third-order valence-corrected chi connectivity index (χ3v) is 10.3. The molecular weight excluding hydrogens is 732 g/mol. The van der Waals surface area contributed by atoms with Gasteiger partial charge in [-0.2, -0.15) is 14.4 Å². The Labute approximate surface area is 328 Å². The fourth-order valence-corrected chi connectivity index (χ4v) is 7.48. The number of rotatable bonds is 15. The fourth-order valence-electron chi connectivity index (χ4n) is 7.48. The molecule has 9 nitrogen and oxygen atoms in total. The minimum absolute atomic E-state index is 0.00952. The molecular formula is C45H40F3N5O4. The number of nitrogens with one attached hydrogen (secondary N) is 1. The molecule has 0 radical (unpaired) electrons. The van der Waals surface area contributed by atoms with E-state index in [2.05, 4.69) is 20.3 Å². The van der Waals surface area contributed by atoms with Gasteiger partial charge in [-0.3, -0.25) is 4.57 Å². The Hall–Kier alpha value is -6.08. The van der Waals surface area contributed by atoms with Gasteiger partial charge in [0, 0.05) is 0 Å². The number of methoxy groups -OCH3 is 1. The topological polar surface area (TPSA) is 92.6 Å². The maximum atomic E-state index is 17.0. The van der Waals surface area contributed by atoms with Crippen molar-refractivity contribution in [1.29, 1.82) is 0 Å². The molecule has 5 aromatic carbocycles. The number of halogens is 3. The summed E-state index contributed by atoms with van der Waals surface area (Å²) < 4.78 is 73.4. The molecule has 1 aliphatic heterocycles. The minimum atomic E-state index is -1.94. The van der Waals surface area contributed by atoms with E-state index >= 15 is 13.2 Å². The normalized spacial score (nSPS) is 19.5. The van der Waals surface area contributed by atoms with Crippen LogP contribution in [-0.4, -0.2) is 57.8 Å². The van der Waals surface area contributed by atoms with E-state index in [1.807, 2.05) is 146 Å². The van der Waals surface area contributed by atoms with Crippen LogP contribution in [0.25, 0.3) is 11.2 Å². The molecule has 1 N–H and O–H groups in total. The van der Waals surface area contributed by atoms with Gasteiger partial charge < -0.3 is 24.3 Å². The predicted octanol–water partition coefficient (Wildman–Crippen LogP) is 8.76. The number of hydrogen-bond donors (Lipinski definition) is 1. The molecule has 3 heterocycles. The van der Waals surface area contributed by atoms with Gasteiger partial charge in [-0.05, 0) is 39.9 Å². The van der Waals surface area contributed by atoms with Crippen molar-refractivity contribution in [3.63, 3.8) is 0 Å². The van der Waals surface area contributed by atoms with Crippen LogP contribution in [-0.2, 0) is 33.0 Å². The molecule has 0 spiro atoms. The summed E-state index contributed by atoms with van der Waals surface area (Å²) in [6, 6.07) is 45.4. The van der Waals surface area contributed by atoms with Crippen LogP contribution in [0.5, 0.6) is 5.75 Å². The van der Waals surface area contributed by atoms with Crippen LogP contribution in [0.15, 0.2) is 152 Å². The van der Waals surface area contributed by atoms with Crippen LogP contribution in [0, 0.1) is 6.08 Å². The first-order chi connectivity index (χ1) is 27.9.